The average Bonchev–Trinajstić information content (AvgIpc) is 3.44. The summed E-state index contributed by atoms with van der Waals surface area (Å²) in [5.41, 5.74) is 0. The van der Waals surface area contributed by atoms with Crippen LogP contribution in [0.5, 0.6) is 0 Å². The summed E-state index contributed by atoms with van der Waals surface area (Å²) < 4.78 is 101. The third-order valence-electron chi connectivity index (χ3n) is 11.2. The van der Waals surface area contributed by atoms with Gasteiger partial charge in [-0.05, 0) is 38.1 Å². The molecule has 8 aromatic heterocycles. The van der Waals surface area contributed by atoms with Crippen molar-refractivity contribution < 1.29 is 34.4 Å². The lowest BCUT2D eigenvalue weighted by Crippen LogP contribution is -2.26. The molecule has 8 heterocycles. The quantitative estimate of drug-likeness (QED) is 0.0501. The molecule has 0 saturated heterocycles. The highest BCUT2D eigenvalue weighted by atomic mass is 32.2. The second-order valence-electron chi connectivity index (χ2n) is 16.5. The zero-order valence-electron chi connectivity index (χ0n) is 42.1. The smallest absolute Gasteiger partial charge is 0.238 e. The van der Waals surface area contributed by atoms with E-state index >= 15 is 0 Å². The number of hydrogen-bond donors (Lipinski definition) is 0. The monoisotopic (exact) mass is 1120 g/mol. The van der Waals surface area contributed by atoms with Gasteiger partial charge in [-0.15, -0.1) is 0 Å². The van der Waals surface area contributed by atoms with Crippen LogP contribution in [-0.2, 0) is 19.7 Å². The molecule has 0 amide bonds. The lowest BCUT2D eigenvalue weighted by molar-refractivity contribution is 0.549. The summed E-state index contributed by atoms with van der Waals surface area (Å²) in [6.45, 7) is 14.5. The van der Waals surface area contributed by atoms with Crippen molar-refractivity contribution in [3.8, 4) is 0 Å². The summed E-state index contributed by atoms with van der Waals surface area (Å²) in [5, 5.41) is -0.262. The molecule has 0 bridgehead atoms. The molecule has 400 valence electrons. The van der Waals surface area contributed by atoms with E-state index in [-0.39, 0.29) is 44.3 Å². The normalized spacial score (nSPS) is 14.5. The number of rotatable bonds is 16. The van der Waals surface area contributed by atoms with Crippen LogP contribution in [0.1, 0.15) is 102 Å². The van der Waals surface area contributed by atoms with Gasteiger partial charge >= 0.3 is 0 Å². The fourth-order valence-electron chi connectivity index (χ4n) is 6.03. The summed E-state index contributed by atoms with van der Waals surface area (Å²) in [5.74, 6) is -1.01. The van der Waals surface area contributed by atoms with Gasteiger partial charge in [-0.1, -0.05) is 65.1 Å². The minimum Gasteiger partial charge on any atom is -0.238 e. The van der Waals surface area contributed by atoms with Crippen LogP contribution in [0, 0.1) is 23.3 Å². The number of nitrogens with zero attached hydrogens (tertiary/aromatic N) is 16. The van der Waals surface area contributed by atoms with E-state index in [9.17, 15) is 34.4 Å². The fourth-order valence-corrected chi connectivity index (χ4v) is 10.7. The molecular formula is C48H52F4N16O4S4. The zero-order chi connectivity index (χ0) is 55.4. The first-order valence-electron chi connectivity index (χ1n) is 23.0. The van der Waals surface area contributed by atoms with E-state index < -0.39 is 65.3 Å². The maximum absolute atomic E-state index is 12.8. The van der Waals surface area contributed by atoms with Crippen LogP contribution in [-0.4, -0.2) is 118 Å². The Kier molecular flexibility index (Phi) is 22.6. The molecular weight excluding hydrogens is 1070 g/mol. The van der Waals surface area contributed by atoms with E-state index in [0.29, 0.717) is 11.6 Å². The van der Waals surface area contributed by atoms with Gasteiger partial charge in [-0.25, -0.2) is 114 Å². The van der Waals surface area contributed by atoms with Gasteiger partial charge in [0, 0.05) is 83.7 Å². The van der Waals surface area contributed by atoms with Crippen LogP contribution < -0.4 is 0 Å². The predicted octanol–water partition coefficient (Wildman–Crippen LogP) is 8.12. The number of thioether (sulfide) groups is 2. The number of aromatic nitrogens is 16. The standard InChI is InChI=1S/2C12H13FN4O2S.2C12H13FN4S/c2*1-8(11-16-6-10(13)7-17-11)9(2)20(18,19)12-14-4-3-5-15-12;2*1-8(11-16-6-10(13)7-17-11)9(2)18-12-14-4-3-5-15-12/h2*3-9H,1-2H3;2*3-9H,1-2H3/t4*8-,9+/m1010/s1. The van der Waals surface area contributed by atoms with Crippen molar-refractivity contribution in [1.29, 1.82) is 0 Å². The Labute approximate surface area is 445 Å². The molecule has 8 rings (SSSR count). The number of sulfone groups is 2. The molecule has 0 fully saturated rings. The maximum atomic E-state index is 12.8. The van der Waals surface area contributed by atoms with E-state index in [1.807, 2.05) is 13.8 Å². The molecule has 0 radical (unpaired) electrons. The molecule has 76 heavy (non-hydrogen) atoms. The van der Waals surface area contributed by atoms with Crippen LogP contribution in [0.25, 0.3) is 0 Å². The molecule has 0 spiro atoms. The molecule has 8 aromatic rings. The SMILES string of the molecule is C[C@@H](c1ncc(F)cn1)[C@H](C)S(=O)(=O)c1ncccn1.C[C@H](Sc1ncccn1)[C@@H](C)c1ncc(F)cn1.C[C@H](c1ncc(F)cn1)[C@@H](C)S(=O)(=O)c1ncccn1.C[C@H](c1ncc(F)cn1)[C@@H](C)Sc1ncccn1. The molecule has 0 aliphatic carbocycles. The van der Waals surface area contributed by atoms with Crippen LogP contribution in [0.2, 0.25) is 0 Å². The Balaban J connectivity index is 0.000000187. The van der Waals surface area contributed by atoms with E-state index in [1.165, 1.54) is 75.6 Å². The van der Waals surface area contributed by atoms with Crippen molar-refractivity contribution in [3.05, 3.63) is 170 Å². The van der Waals surface area contributed by atoms with Gasteiger partial charge in [-0.3, -0.25) is 0 Å². The molecule has 0 aromatic carbocycles. The molecule has 0 unspecified atom stereocenters. The number of hydrogen-bond acceptors (Lipinski definition) is 22. The first-order valence-corrected chi connectivity index (χ1v) is 27.8. The Bertz CT molecular complexity index is 2990. The van der Waals surface area contributed by atoms with Crippen molar-refractivity contribution in [1.82, 2.24) is 79.7 Å². The van der Waals surface area contributed by atoms with E-state index in [0.717, 1.165) is 35.1 Å². The second-order valence-corrected chi connectivity index (χ2v) is 23.6. The van der Waals surface area contributed by atoms with Gasteiger partial charge in [0.2, 0.25) is 30.0 Å². The zero-order valence-corrected chi connectivity index (χ0v) is 45.4. The Morgan fingerprint density at radius 3 is 0.776 bits per heavy atom. The van der Waals surface area contributed by atoms with Crippen LogP contribution >= 0.6 is 23.5 Å². The molecule has 8 atom stereocenters. The molecule has 0 aliphatic rings. The minimum atomic E-state index is -3.69. The Morgan fingerprint density at radius 2 is 0.539 bits per heavy atom. The molecule has 0 aliphatic heterocycles. The van der Waals surface area contributed by atoms with Gasteiger partial charge in [0.05, 0.1) is 60.1 Å². The van der Waals surface area contributed by atoms with Gasteiger partial charge in [0.15, 0.2) is 33.6 Å². The van der Waals surface area contributed by atoms with Crippen LogP contribution in [0.3, 0.4) is 0 Å². The first-order chi connectivity index (χ1) is 36.2. The summed E-state index contributed by atoms with van der Waals surface area (Å²) in [7, 11) is -7.38. The van der Waals surface area contributed by atoms with Crippen molar-refractivity contribution in [2.45, 2.75) is 121 Å². The van der Waals surface area contributed by atoms with Gasteiger partial charge < -0.3 is 0 Å². The molecule has 28 heteroatoms. The maximum Gasteiger partial charge on any atom is 0.247 e. The fraction of sp³-hybridized carbons (Fsp3) is 0.333. The van der Waals surface area contributed by atoms with Crippen LogP contribution in [0.15, 0.2) is 144 Å². The number of halogens is 4. The highest BCUT2D eigenvalue weighted by Gasteiger charge is 2.34. The Hall–Kier alpha value is -7.04. The van der Waals surface area contributed by atoms with Gasteiger partial charge in [-0.2, -0.15) is 0 Å². The van der Waals surface area contributed by atoms with Gasteiger partial charge in [0.1, 0.15) is 23.3 Å². The summed E-state index contributed by atoms with van der Waals surface area (Å²) >= 11 is 3.11. The predicted molar refractivity (Wildman–Crippen MR) is 274 cm³/mol. The topological polar surface area (TPSA) is 275 Å². The average molecular weight is 1120 g/mol. The summed E-state index contributed by atoms with van der Waals surface area (Å²) in [4.78, 5) is 62.9. The van der Waals surface area contributed by atoms with E-state index in [2.05, 4.69) is 93.6 Å². The van der Waals surface area contributed by atoms with E-state index in [1.54, 1.807) is 74.3 Å². The third kappa shape index (κ3) is 17.5. The van der Waals surface area contributed by atoms with Crippen molar-refractivity contribution in [2.75, 3.05) is 0 Å². The highest BCUT2D eigenvalue weighted by molar-refractivity contribution is 8.00. The molecule has 20 nitrogen and oxygen atoms in total. The minimum absolute atomic E-state index is 0.0967. The highest BCUT2D eigenvalue weighted by Crippen LogP contribution is 2.31. The molecule has 0 saturated carbocycles. The lowest BCUT2D eigenvalue weighted by Gasteiger charge is -2.17. The van der Waals surface area contributed by atoms with Gasteiger partial charge in [0.25, 0.3) is 0 Å². The third-order valence-corrected chi connectivity index (χ3v) is 17.9. The van der Waals surface area contributed by atoms with Crippen molar-refractivity contribution >= 4 is 43.2 Å². The van der Waals surface area contributed by atoms with Crippen molar-refractivity contribution in [3.63, 3.8) is 0 Å². The second kappa shape index (κ2) is 28.7. The molecule has 0 N–H and O–H groups in total. The summed E-state index contributed by atoms with van der Waals surface area (Å²) in [6.07, 6.45) is 21.1. The lowest BCUT2D eigenvalue weighted by atomic mass is 10.1. The van der Waals surface area contributed by atoms with Crippen LogP contribution in [0.4, 0.5) is 17.6 Å². The first kappa shape index (κ1) is 59.8. The Morgan fingerprint density at radius 1 is 0.329 bits per heavy atom. The van der Waals surface area contributed by atoms with Crippen molar-refractivity contribution in [2.24, 2.45) is 0 Å². The van der Waals surface area contributed by atoms with E-state index in [4.69, 9.17) is 0 Å². The largest absolute Gasteiger partial charge is 0.247 e. The summed E-state index contributed by atoms with van der Waals surface area (Å²) in [6, 6.07) is 6.63.